The molecule has 3 nitrogen and oxygen atoms in total. The SMILES string of the molecule is c1ccc(N(c2ccc3c(c2)sc2ccccc23)c2cccc3c2Oc2c(ccc4c2-c2ccccc2C42c4ccccc4-c4ccccc42)O3)cc1. The predicted octanol–water partition coefficient (Wildman–Crippen LogP) is 13.8. The van der Waals surface area contributed by atoms with Crippen LogP contribution in [0, 0.1) is 0 Å². The van der Waals surface area contributed by atoms with Crippen LogP contribution in [0.4, 0.5) is 17.1 Å². The first-order valence-corrected chi connectivity index (χ1v) is 18.8. The molecule has 53 heavy (non-hydrogen) atoms. The molecule has 3 aliphatic rings. The molecule has 248 valence electrons. The number of ether oxygens (including phenoxy) is 2. The molecule has 4 heteroatoms. The van der Waals surface area contributed by atoms with Gasteiger partial charge in [-0.2, -0.15) is 0 Å². The fourth-order valence-electron chi connectivity index (χ4n) is 9.26. The van der Waals surface area contributed by atoms with E-state index in [2.05, 4.69) is 175 Å². The van der Waals surface area contributed by atoms with E-state index < -0.39 is 5.41 Å². The number of hydrogen-bond donors (Lipinski definition) is 0. The zero-order valence-electron chi connectivity index (χ0n) is 28.4. The molecule has 1 spiro atoms. The average molecular weight is 696 g/mol. The van der Waals surface area contributed by atoms with Crippen LogP contribution in [0.25, 0.3) is 42.4 Å². The molecular weight excluding hydrogens is 667 g/mol. The van der Waals surface area contributed by atoms with Crippen molar-refractivity contribution in [2.24, 2.45) is 0 Å². The maximum atomic E-state index is 7.28. The van der Waals surface area contributed by atoms with Crippen molar-refractivity contribution < 1.29 is 9.47 Å². The van der Waals surface area contributed by atoms with Gasteiger partial charge in [-0.15, -0.1) is 11.3 Å². The van der Waals surface area contributed by atoms with Gasteiger partial charge in [-0.25, -0.2) is 0 Å². The second-order valence-corrected chi connectivity index (χ2v) is 15.0. The molecular formula is C49H29NO2S. The van der Waals surface area contributed by atoms with Crippen molar-refractivity contribution in [3.8, 4) is 45.3 Å². The van der Waals surface area contributed by atoms with Crippen LogP contribution in [0.3, 0.4) is 0 Å². The van der Waals surface area contributed by atoms with E-state index in [4.69, 9.17) is 9.47 Å². The van der Waals surface area contributed by atoms with Crippen LogP contribution in [0.2, 0.25) is 0 Å². The lowest BCUT2D eigenvalue weighted by Gasteiger charge is -2.32. The Kier molecular flexibility index (Phi) is 5.86. The molecule has 0 radical (unpaired) electrons. The van der Waals surface area contributed by atoms with Crippen molar-refractivity contribution in [1.29, 1.82) is 0 Å². The van der Waals surface area contributed by atoms with Crippen molar-refractivity contribution in [3.63, 3.8) is 0 Å². The third-order valence-corrected chi connectivity index (χ3v) is 12.5. The average Bonchev–Trinajstić information content (AvgIpc) is 3.85. The van der Waals surface area contributed by atoms with E-state index in [0.29, 0.717) is 11.5 Å². The van der Waals surface area contributed by atoms with E-state index in [9.17, 15) is 0 Å². The molecule has 0 saturated heterocycles. The van der Waals surface area contributed by atoms with Gasteiger partial charge in [0.2, 0.25) is 0 Å². The predicted molar refractivity (Wildman–Crippen MR) is 217 cm³/mol. The Morgan fingerprint density at radius 3 is 1.85 bits per heavy atom. The summed E-state index contributed by atoms with van der Waals surface area (Å²) in [5, 5.41) is 2.55. The molecule has 8 aromatic carbocycles. The van der Waals surface area contributed by atoms with Crippen molar-refractivity contribution in [3.05, 3.63) is 198 Å². The van der Waals surface area contributed by atoms with Gasteiger partial charge in [-0.3, -0.25) is 0 Å². The molecule has 0 N–H and O–H groups in total. The van der Waals surface area contributed by atoms with Gasteiger partial charge in [0.25, 0.3) is 0 Å². The summed E-state index contributed by atoms with van der Waals surface area (Å²) in [5.74, 6) is 2.86. The minimum Gasteiger partial charge on any atom is -0.449 e. The normalized spacial score (nSPS) is 13.7. The molecule has 0 saturated carbocycles. The van der Waals surface area contributed by atoms with Crippen LogP contribution in [0.5, 0.6) is 23.0 Å². The van der Waals surface area contributed by atoms with Gasteiger partial charge in [0, 0.05) is 37.1 Å². The monoisotopic (exact) mass is 695 g/mol. The smallest absolute Gasteiger partial charge is 0.194 e. The highest BCUT2D eigenvalue weighted by atomic mass is 32.1. The van der Waals surface area contributed by atoms with Crippen LogP contribution in [0.15, 0.2) is 176 Å². The van der Waals surface area contributed by atoms with Gasteiger partial charge in [-0.05, 0) is 87.5 Å². The summed E-state index contributed by atoms with van der Waals surface area (Å²) in [5.41, 5.74) is 12.5. The Balaban J connectivity index is 1.07. The van der Waals surface area contributed by atoms with E-state index in [1.807, 2.05) is 17.4 Å². The number of fused-ring (bicyclic) bond motifs is 16. The molecule has 1 aliphatic heterocycles. The second kappa shape index (κ2) is 10.7. The van der Waals surface area contributed by atoms with Gasteiger partial charge >= 0.3 is 0 Å². The number of hydrogen-bond acceptors (Lipinski definition) is 4. The first-order valence-electron chi connectivity index (χ1n) is 18.0. The van der Waals surface area contributed by atoms with Crippen LogP contribution < -0.4 is 14.4 Å². The maximum absolute atomic E-state index is 7.28. The highest BCUT2D eigenvalue weighted by Crippen LogP contribution is 2.66. The molecule has 0 bridgehead atoms. The molecule has 0 atom stereocenters. The molecule has 0 amide bonds. The summed E-state index contributed by atoms with van der Waals surface area (Å²) in [6, 6.07) is 63.1. The number of rotatable bonds is 3. The highest BCUT2D eigenvalue weighted by molar-refractivity contribution is 7.25. The van der Waals surface area contributed by atoms with Crippen molar-refractivity contribution in [2.45, 2.75) is 5.41 Å². The van der Waals surface area contributed by atoms with Crippen LogP contribution in [-0.2, 0) is 5.41 Å². The van der Waals surface area contributed by atoms with Gasteiger partial charge < -0.3 is 14.4 Å². The molecule has 2 heterocycles. The zero-order valence-corrected chi connectivity index (χ0v) is 29.2. The summed E-state index contributed by atoms with van der Waals surface area (Å²) >= 11 is 1.83. The highest BCUT2D eigenvalue weighted by Gasteiger charge is 2.53. The maximum Gasteiger partial charge on any atom is 0.194 e. The first-order chi connectivity index (χ1) is 26.3. The van der Waals surface area contributed by atoms with E-state index in [1.165, 1.54) is 59.1 Å². The van der Waals surface area contributed by atoms with Crippen molar-refractivity contribution in [2.75, 3.05) is 4.90 Å². The molecule has 12 rings (SSSR count). The molecule has 0 unspecified atom stereocenters. The lowest BCUT2D eigenvalue weighted by Crippen LogP contribution is -2.25. The van der Waals surface area contributed by atoms with Gasteiger partial charge in [0.15, 0.2) is 23.0 Å². The van der Waals surface area contributed by atoms with E-state index in [1.54, 1.807) is 0 Å². The van der Waals surface area contributed by atoms with E-state index in [-0.39, 0.29) is 0 Å². The Morgan fingerprint density at radius 2 is 1.06 bits per heavy atom. The van der Waals surface area contributed by atoms with Crippen LogP contribution in [-0.4, -0.2) is 0 Å². The van der Waals surface area contributed by atoms with Crippen LogP contribution >= 0.6 is 11.3 Å². The van der Waals surface area contributed by atoms with Crippen LogP contribution in [0.1, 0.15) is 22.3 Å². The lowest BCUT2D eigenvalue weighted by molar-refractivity contribution is 0.361. The Bertz CT molecular complexity index is 2930. The van der Waals surface area contributed by atoms with E-state index >= 15 is 0 Å². The third-order valence-electron chi connectivity index (χ3n) is 11.3. The number of para-hydroxylation sites is 2. The number of benzene rings is 8. The summed E-state index contributed by atoms with van der Waals surface area (Å²) in [4.78, 5) is 2.29. The topological polar surface area (TPSA) is 21.7 Å². The Hall–Kier alpha value is -6.62. The van der Waals surface area contributed by atoms with Gasteiger partial charge in [0.05, 0.1) is 11.1 Å². The van der Waals surface area contributed by atoms with Crippen molar-refractivity contribution >= 4 is 48.6 Å². The summed E-state index contributed by atoms with van der Waals surface area (Å²) < 4.78 is 16.6. The zero-order chi connectivity index (χ0) is 34.7. The Labute approximate surface area is 310 Å². The lowest BCUT2D eigenvalue weighted by atomic mass is 9.70. The molecule has 2 aliphatic carbocycles. The van der Waals surface area contributed by atoms with E-state index in [0.717, 1.165) is 34.1 Å². The second-order valence-electron chi connectivity index (χ2n) is 14.0. The summed E-state index contributed by atoms with van der Waals surface area (Å²) in [7, 11) is 0. The van der Waals surface area contributed by atoms with Gasteiger partial charge in [-0.1, -0.05) is 127 Å². The minimum atomic E-state index is -0.465. The first kappa shape index (κ1) is 29.0. The quantitative estimate of drug-likeness (QED) is 0.184. The fraction of sp³-hybridized carbons (Fsp3) is 0.0204. The number of anilines is 3. The minimum absolute atomic E-state index is 0.465. The molecule has 9 aromatic rings. The van der Waals surface area contributed by atoms with Gasteiger partial charge in [0.1, 0.15) is 0 Å². The fourth-order valence-corrected chi connectivity index (χ4v) is 10.4. The number of nitrogens with zero attached hydrogens (tertiary/aromatic N) is 1. The standard InChI is InChI=1S/C49H29NO2S/c1-2-13-30(14-3-1)50(31-25-26-35-34-17-7-11-24-44(34)53-45(35)29-31)41-22-12-23-42-47(41)52-48-43(51-42)28-27-40-46(48)36-18-6-10-21-39(36)49(40)37-19-8-4-15-32(37)33-16-5-9-20-38(33)49/h1-29H. The molecule has 1 aromatic heterocycles. The summed E-state index contributed by atoms with van der Waals surface area (Å²) in [6.07, 6.45) is 0. The Morgan fingerprint density at radius 1 is 0.415 bits per heavy atom. The largest absolute Gasteiger partial charge is 0.449 e. The molecule has 0 fully saturated rings. The summed E-state index contributed by atoms with van der Waals surface area (Å²) in [6.45, 7) is 0. The van der Waals surface area contributed by atoms with Crippen molar-refractivity contribution in [1.82, 2.24) is 0 Å². The number of thiophene rings is 1. The third kappa shape index (κ3) is 3.83.